The van der Waals surface area contributed by atoms with Crippen LogP contribution in [0.25, 0.3) is 0 Å². The van der Waals surface area contributed by atoms with Crippen LogP contribution in [0.3, 0.4) is 0 Å². The van der Waals surface area contributed by atoms with Gasteiger partial charge in [0.15, 0.2) is 0 Å². The van der Waals surface area contributed by atoms with Crippen LogP contribution in [0.4, 0.5) is 0 Å². The average molecular weight is 273 g/mol. The fourth-order valence-electron chi connectivity index (χ4n) is 2.12. The topological polar surface area (TPSA) is 6.48 Å². The highest BCUT2D eigenvalue weighted by Crippen LogP contribution is 2.10. The van der Waals surface area contributed by atoms with Crippen LogP contribution in [0.5, 0.6) is 0 Å². The SMILES string of the molecule is CC.CC.CC(C)N1CCC1.CC(C)N1CCCC1. The van der Waals surface area contributed by atoms with E-state index in [1.807, 2.05) is 27.7 Å². The van der Waals surface area contributed by atoms with Crippen molar-refractivity contribution in [2.24, 2.45) is 0 Å². The van der Waals surface area contributed by atoms with E-state index in [2.05, 4.69) is 37.5 Å². The van der Waals surface area contributed by atoms with Crippen LogP contribution in [0.2, 0.25) is 0 Å². The molecule has 2 fully saturated rings. The lowest BCUT2D eigenvalue weighted by Gasteiger charge is -2.34. The summed E-state index contributed by atoms with van der Waals surface area (Å²) in [4.78, 5) is 5.00. The van der Waals surface area contributed by atoms with E-state index in [-0.39, 0.29) is 0 Å². The van der Waals surface area contributed by atoms with Gasteiger partial charge in [0.2, 0.25) is 0 Å². The average Bonchev–Trinajstić information content (AvgIpc) is 2.86. The van der Waals surface area contributed by atoms with Gasteiger partial charge >= 0.3 is 0 Å². The molecule has 0 bridgehead atoms. The van der Waals surface area contributed by atoms with E-state index in [0.29, 0.717) is 0 Å². The third-order valence-electron chi connectivity index (χ3n) is 3.49. The first-order valence-electron chi connectivity index (χ1n) is 8.59. The monoisotopic (exact) mass is 272 g/mol. The Balaban J connectivity index is 0. The van der Waals surface area contributed by atoms with Gasteiger partial charge in [0.1, 0.15) is 0 Å². The molecular formula is C17H40N2. The van der Waals surface area contributed by atoms with Gasteiger partial charge in [-0.3, -0.25) is 0 Å². The molecule has 0 aliphatic carbocycles. The van der Waals surface area contributed by atoms with Gasteiger partial charge in [0.05, 0.1) is 0 Å². The molecule has 0 radical (unpaired) electrons. The molecule has 19 heavy (non-hydrogen) atoms. The summed E-state index contributed by atoms with van der Waals surface area (Å²) in [5, 5.41) is 0. The summed E-state index contributed by atoms with van der Waals surface area (Å²) in [5.74, 6) is 0. The fourth-order valence-corrected chi connectivity index (χ4v) is 2.12. The molecule has 0 saturated carbocycles. The minimum absolute atomic E-state index is 0.775. The van der Waals surface area contributed by atoms with Crippen molar-refractivity contribution in [3.05, 3.63) is 0 Å². The van der Waals surface area contributed by atoms with Crippen LogP contribution >= 0.6 is 0 Å². The minimum Gasteiger partial charge on any atom is -0.301 e. The van der Waals surface area contributed by atoms with Crippen LogP contribution < -0.4 is 0 Å². The van der Waals surface area contributed by atoms with Crippen molar-refractivity contribution in [1.29, 1.82) is 0 Å². The Bertz CT molecular complexity index is 157. The van der Waals surface area contributed by atoms with E-state index in [1.54, 1.807) is 0 Å². The summed E-state index contributed by atoms with van der Waals surface area (Å²) in [6.45, 7) is 22.4. The third-order valence-corrected chi connectivity index (χ3v) is 3.49. The van der Waals surface area contributed by atoms with Crippen molar-refractivity contribution >= 4 is 0 Å². The second-order valence-electron chi connectivity index (χ2n) is 5.32. The summed E-state index contributed by atoms with van der Waals surface area (Å²) in [5.41, 5.74) is 0. The molecule has 2 heterocycles. The highest BCUT2D eigenvalue weighted by atomic mass is 15.2. The lowest BCUT2D eigenvalue weighted by molar-refractivity contribution is 0.138. The third kappa shape index (κ3) is 10.4. The lowest BCUT2D eigenvalue weighted by atomic mass is 10.2. The summed E-state index contributed by atoms with van der Waals surface area (Å²) < 4.78 is 0. The molecule has 2 aliphatic heterocycles. The van der Waals surface area contributed by atoms with Gasteiger partial charge in [-0.25, -0.2) is 0 Å². The zero-order chi connectivity index (χ0) is 15.3. The molecule has 2 nitrogen and oxygen atoms in total. The maximum absolute atomic E-state index is 2.53. The van der Waals surface area contributed by atoms with Crippen LogP contribution in [-0.4, -0.2) is 48.1 Å². The number of likely N-dealkylation sites (tertiary alicyclic amines) is 2. The second kappa shape index (κ2) is 14.3. The molecule has 0 unspecified atom stereocenters. The first kappa shape index (κ1) is 21.2. The van der Waals surface area contributed by atoms with Crippen LogP contribution in [0.1, 0.15) is 74.7 Å². The number of hydrogen-bond donors (Lipinski definition) is 0. The van der Waals surface area contributed by atoms with Gasteiger partial charge in [-0.05, 0) is 73.1 Å². The van der Waals surface area contributed by atoms with Gasteiger partial charge in [-0.1, -0.05) is 27.7 Å². The van der Waals surface area contributed by atoms with Crippen molar-refractivity contribution in [2.45, 2.75) is 86.7 Å². The first-order chi connectivity index (χ1) is 9.11. The molecule has 0 aromatic rings. The smallest absolute Gasteiger partial charge is 0.00386 e. The highest BCUT2D eigenvalue weighted by molar-refractivity contribution is 4.71. The normalized spacial score (nSPS) is 18.6. The fraction of sp³-hybridized carbons (Fsp3) is 1.00. The van der Waals surface area contributed by atoms with Crippen LogP contribution in [0, 0.1) is 0 Å². The van der Waals surface area contributed by atoms with Gasteiger partial charge < -0.3 is 9.80 Å². The predicted molar refractivity (Wildman–Crippen MR) is 90.0 cm³/mol. The highest BCUT2D eigenvalue weighted by Gasteiger charge is 2.15. The maximum atomic E-state index is 2.53. The van der Waals surface area contributed by atoms with Crippen LogP contribution in [0.15, 0.2) is 0 Å². The molecule has 2 heteroatoms. The zero-order valence-electron chi connectivity index (χ0n) is 15.0. The molecule has 0 aromatic carbocycles. The van der Waals surface area contributed by atoms with E-state index < -0.39 is 0 Å². The predicted octanol–water partition coefficient (Wildman–Crippen LogP) is 4.64. The number of nitrogens with zero attached hydrogens (tertiary/aromatic N) is 2. The van der Waals surface area contributed by atoms with E-state index in [1.165, 1.54) is 45.4 Å². The Kier molecular flexibility index (Phi) is 16.0. The van der Waals surface area contributed by atoms with Crippen LogP contribution in [-0.2, 0) is 0 Å². The van der Waals surface area contributed by atoms with Crippen molar-refractivity contribution in [3.8, 4) is 0 Å². The molecule has 0 atom stereocenters. The van der Waals surface area contributed by atoms with Gasteiger partial charge in [0, 0.05) is 12.1 Å². The van der Waals surface area contributed by atoms with Crippen molar-refractivity contribution < 1.29 is 0 Å². The molecule has 2 aliphatic rings. The van der Waals surface area contributed by atoms with Crippen molar-refractivity contribution in [1.82, 2.24) is 9.80 Å². The van der Waals surface area contributed by atoms with E-state index in [0.717, 1.165) is 12.1 Å². The zero-order valence-corrected chi connectivity index (χ0v) is 15.0. The molecule has 0 aromatic heterocycles. The molecule has 118 valence electrons. The minimum atomic E-state index is 0.775. The summed E-state index contributed by atoms with van der Waals surface area (Å²) in [7, 11) is 0. The molecule has 2 rings (SSSR count). The second-order valence-corrected chi connectivity index (χ2v) is 5.32. The largest absolute Gasteiger partial charge is 0.301 e. The Morgan fingerprint density at radius 2 is 0.789 bits per heavy atom. The van der Waals surface area contributed by atoms with E-state index in [9.17, 15) is 0 Å². The molecular weight excluding hydrogens is 232 g/mol. The Hall–Kier alpha value is -0.0800. The van der Waals surface area contributed by atoms with E-state index in [4.69, 9.17) is 0 Å². The summed E-state index contributed by atoms with van der Waals surface area (Å²) >= 11 is 0. The Labute approximate surface area is 123 Å². The Morgan fingerprint density at radius 3 is 0.895 bits per heavy atom. The Morgan fingerprint density at radius 1 is 0.526 bits per heavy atom. The van der Waals surface area contributed by atoms with Gasteiger partial charge in [0.25, 0.3) is 0 Å². The standard InChI is InChI=1S/C7H15N.C6H13N.2C2H6/c1-7(2)8-5-3-4-6-8;1-6(2)7-4-3-5-7;2*1-2/h7H,3-6H2,1-2H3;6H,3-5H2,1-2H3;2*1-2H3. The molecule has 2 saturated heterocycles. The number of hydrogen-bond acceptors (Lipinski definition) is 2. The molecule has 0 spiro atoms. The van der Waals surface area contributed by atoms with E-state index >= 15 is 0 Å². The van der Waals surface area contributed by atoms with Crippen molar-refractivity contribution in [3.63, 3.8) is 0 Å². The quantitative estimate of drug-likeness (QED) is 0.722. The van der Waals surface area contributed by atoms with Gasteiger partial charge in [-0.2, -0.15) is 0 Å². The van der Waals surface area contributed by atoms with Crippen molar-refractivity contribution in [2.75, 3.05) is 26.2 Å². The number of rotatable bonds is 2. The first-order valence-corrected chi connectivity index (χ1v) is 8.59. The summed E-state index contributed by atoms with van der Waals surface area (Å²) in [6, 6.07) is 1.56. The summed E-state index contributed by atoms with van der Waals surface area (Å²) in [6.07, 6.45) is 4.24. The molecule has 0 N–H and O–H groups in total. The lowest BCUT2D eigenvalue weighted by Crippen LogP contribution is -2.41. The molecule has 0 amide bonds. The van der Waals surface area contributed by atoms with Gasteiger partial charge in [-0.15, -0.1) is 0 Å². The maximum Gasteiger partial charge on any atom is 0.00386 e.